The number of nitrogens with zero attached hydrogens (tertiary/aromatic N) is 2. The van der Waals surface area contributed by atoms with Gasteiger partial charge in [0.25, 0.3) is 0 Å². The molecule has 0 spiro atoms. The molecule has 1 N–H and O–H groups in total. The molecule has 1 amide bonds. The maximum absolute atomic E-state index is 12.1. The van der Waals surface area contributed by atoms with Crippen molar-refractivity contribution in [3.63, 3.8) is 0 Å². The van der Waals surface area contributed by atoms with Gasteiger partial charge in [0, 0.05) is 41.9 Å². The number of benzene rings is 1. The molecule has 3 rings (SSSR count). The summed E-state index contributed by atoms with van der Waals surface area (Å²) < 4.78 is 5.39. The predicted molar refractivity (Wildman–Crippen MR) is 99.9 cm³/mol. The van der Waals surface area contributed by atoms with Crippen molar-refractivity contribution in [1.29, 1.82) is 0 Å². The first-order chi connectivity index (χ1) is 12.2. The van der Waals surface area contributed by atoms with Crippen molar-refractivity contribution in [1.82, 2.24) is 9.97 Å². The number of nitrogens with one attached hydrogen (secondary N) is 1. The van der Waals surface area contributed by atoms with Crippen LogP contribution in [0.15, 0.2) is 54.2 Å². The van der Waals surface area contributed by atoms with E-state index in [-0.39, 0.29) is 5.91 Å². The first-order valence-electron chi connectivity index (χ1n) is 8.12. The number of carbonyl (C=O) groups excluding carboxylic acids is 1. The first-order valence-corrected chi connectivity index (χ1v) is 9.00. The Bertz CT molecular complexity index is 816. The van der Waals surface area contributed by atoms with E-state index in [9.17, 15) is 4.79 Å². The van der Waals surface area contributed by atoms with Gasteiger partial charge in [0.1, 0.15) is 5.75 Å². The zero-order valence-electron chi connectivity index (χ0n) is 13.9. The molecule has 25 heavy (non-hydrogen) atoms. The van der Waals surface area contributed by atoms with Gasteiger partial charge in [-0.2, -0.15) is 0 Å². The highest BCUT2D eigenvalue weighted by Crippen LogP contribution is 2.22. The summed E-state index contributed by atoms with van der Waals surface area (Å²) in [6.45, 7) is 2.56. The summed E-state index contributed by atoms with van der Waals surface area (Å²) in [6, 6.07) is 11.2. The van der Waals surface area contributed by atoms with Gasteiger partial charge in [-0.05, 0) is 43.3 Å². The topological polar surface area (TPSA) is 64.1 Å². The molecular weight excluding hydrogens is 334 g/mol. The summed E-state index contributed by atoms with van der Waals surface area (Å²) in [5.74, 6) is 0.772. The molecule has 0 bridgehead atoms. The fraction of sp³-hybridized carbons (Fsp3) is 0.211. The fourth-order valence-electron chi connectivity index (χ4n) is 2.32. The van der Waals surface area contributed by atoms with Crippen LogP contribution < -0.4 is 10.1 Å². The Labute approximate surface area is 150 Å². The molecule has 0 aliphatic rings. The van der Waals surface area contributed by atoms with Crippen molar-refractivity contribution in [2.24, 2.45) is 0 Å². The highest BCUT2D eigenvalue weighted by molar-refractivity contribution is 7.09. The fourth-order valence-corrected chi connectivity index (χ4v) is 3.13. The number of rotatable bonds is 7. The SMILES string of the molecule is CCOc1ccc(NC(=O)CCc2nc(-c3cccnc3)cs2)cc1. The third-order valence-corrected chi connectivity index (χ3v) is 4.43. The lowest BCUT2D eigenvalue weighted by atomic mass is 10.2. The average molecular weight is 353 g/mol. The van der Waals surface area contributed by atoms with Crippen LogP contribution in [0, 0.1) is 0 Å². The Kier molecular flexibility index (Phi) is 5.74. The standard InChI is InChI=1S/C19H19N3O2S/c1-2-24-16-7-5-15(6-8-16)21-18(23)9-10-19-22-17(13-25-19)14-4-3-11-20-12-14/h3-8,11-13H,2,9-10H2,1H3,(H,21,23). The number of hydrogen-bond acceptors (Lipinski definition) is 5. The van der Waals surface area contributed by atoms with Crippen molar-refractivity contribution in [3.05, 3.63) is 59.2 Å². The summed E-state index contributed by atoms with van der Waals surface area (Å²) in [6.07, 6.45) is 4.54. The van der Waals surface area contributed by atoms with E-state index in [1.54, 1.807) is 23.7 Å². The van der Waals surface area contributed by atoms with Crippen molar-refractivity contribution < 1.29 is 9.53 Å². The summed E-state index contributed by atoms with van der Waals surface area (Å²) in [4.78, 5) is 20.8. The van der Waals surface area contributed by atoms with E-state index in [4.69, 9.17) is 4.74 Å². The van der Waals surface area contributed by atoms with Crippen LogP contribution in [0.2, 0.25) is 0 Å². The third kappa shape index (κ3) is 4.87. The second kappa shape index (κ2) is 8.39. The molecule has 3 aromatic rings. The second-order valence-electron chi connectivity index (χ2n) is 5.37. The first kappa shape index (κ1) is 17.1. The van der Waals surface area contributed by atoms with E-state index in [1.807, 2.05) is 48.7 Å². The van der Waals surface area contributed by atoms with E-state index in [0.717, 1.165) is 27.7 Å². The molecule has 0 saturated carbocycles. The van der Waals surface area contributed by atoms with Gasteiger partial charge in [0.15, 0.2) is 0 Å². The second-order valence-corrected chi connectivity index (χ2v) is 6.32. The van der Waals surface area contributed by atoms with Crippen molar-refractivity contribution in [2.75, 3.05) is 11.9 Å². The van der Waals surface area contributed by atoms with Gasteiger partial charge < -0.3 is 10.1 Å². The summed E-state index contributed by atoms with van der Waals surface area (Å²) in [5, 5.41) is 5.83. The minimum Gasteiger partial charge on any atom is -0.494 e. The molecule has 0 aliphatic carbocycles. The van der Waals surface area contributed by atoms with Crippen molar-refractivity contribution >= 4 is 22.9 Å². The quantitative estimate of drug-likeness (QED) is 0.692. The Morgan fingerprint density at radius 2 is 2.08 bits per heavy atom. The van der Waals surface area contributed by atoms with Gasteiger partial charge in [-0.3, -0.25) is 9.78 Å². The van der Waals surface area contributed by atoms with Gasteiger partial charge >= 0.3 is 0 Å². The minimum absolute atomic E-state index is 0.0257. The van der Waals surface area contributed by atoms with Gasteiger partial charge in [-0.1, -0.05) is 0 Å². The Morgan fingerprint density at radius 3 is 2.80 bits per heavy atom. The lowest BCUT2D eigenvalue weighted by molar-refractivity contribution is -0.116. The van der Waals surface area contributed by atoms with Crippen LogP contribution in [0.1, 0.15) is 18.4 Å². The molecule has 1 aromatic carbocycles. The van der Waals surface area contributed by atoms with Gasteiger partial charge in [-0.25, -0.2) is 4.98 Å². The van der Waals surface area contributed by atoms with E-state index in [0.29, 0.717) is 19.4 Å². The zero-order chi connectivity index (χ0) is 17.5. The smallest absolute Gasteiger partial charge is 0.224 e. The third-order valence-electron chi connectivity index (χ3n) is 3.52. The van der Waals surface area contributed by atoms with Gasteiger partial charge in [-0.15, -0.1) is 11.3 Å². The number of ether oxygens (including phenoxy) is 1. The van der Waals surface area contributed by atoms with Gasteiger partial charge in [0.05, 0.1) is 17.3 Å². The minimum atomic E-state index is -0.0257. The lowest BCUT2D eigenvalue weighted by Crippen LogP contribution is -2.12. The van der Waals surface area contributed by atoms with Crippen LogP contribution in [0.25, 0.3) is 11.3 Å². The monoisotopic (exact) mass is 353 g/mol. The average Bonchev–Trinajstić information content (AvgIpc) is 3.12. The number of amides is 1. The molecule has 0 aliphatic heterocycles. The van der Waals surface area contributed by atoms with Crippen LogP contribution in [0.3, 0.4) is 0 Å². The molecule has 2 heterocycles. The summed E-state index contributed by atoms with van der Waals surface area (Å²) in [5.41, 5.74) is 2.66. The maximum atomic E-state index is 12.1. The molecule has 0 fully saturated rings. The normalized spacial score (nSPS) is 10.4. The molecule has 0 atom stereocenters. The molecule has 6 heteroatoms. The molecular formula is C19H19N3O2S. The maximum Gasteiger partial charge on any atom is 0.224 e. The van der Waals surface area contributed by atoms with E-state index in [1.165, 1.54) is 0 Å². The Morgan fingerprint density at radius 1 is 1.24 bits per heavy atom. The van der Waals surface area contributed by atoms with Crippen LogP contribution in [0.4, 0.5) is 5.69 Å². The molecule has 128 valence electrons. The molecule has 0 unspecified atom stereocenters. The number of thiazole rings is 1. The zero-order valence-corrected chi connectivity index (χ0v) is 14.8. The number of anilines is 1. The number of pyridine rings is 1. The number of aromatic nitrogens is 2. The molecule has 2 aromatic heterocycles. The molecule has 0 saturated heterocycles. The van der Waals surface area contributed by atoms with Crippen LogP contribution in [-0.4, -0.2) is 22.5 Å². The summed E-state index contributed by atoms with van der Waals surface area (Å²) >= 11 is 1.56. The highest BCUT2D eigenvalue weighted by Gasteiger charge is 2.08. The van der Waals surface area contributed by atoms with Crippen molar-refractivity contribution in [3.8, 4) is 17.0 Å². The summed E-state index contributed by atoms with van der Waals surface area (Å²) in [7, 11) is 0. The Hall–Kier alpha value is -2.73. The number of carbonyl (C=O) groups is 1. The number of hydrogen-bond donors (Lipinski definition) is 1. The lowest BCUT2D eigenvalue weighted by Gasteiger charge is -2.06. The van der Waals surface area contributed by atoms with Crippen LogP contribution in [-0.2, 0) is 11.2 Å². The van der Waals surface area contributed by atoms with E-state index < -0.39 is 0 Å². The Balaban J connectivity index is 1.51. The molecule has 5 nitrogen and oxygen atoms in total. The van der Waals surface area contributed by atoms with Crippen LogP contribution >= 0.6 is 11.3 Å². The molecule has 0 radical (unpaired) electrons. The van der Waals surface area contributed by atoms with Crippen LogP contribution in [0.5, 0.6) is 5.75 Å². The number of aryl methyl sites for hydroxylation is 1. The van der Waals surface area contributed by atoms with Gasteiger partial charge in [0.2, 0.25) is 5.91 Å². The van der Waals surface area contributed by atoms with E-state index in [2.05, 4.69) is 15.3 Å². The largest absolute Gasteiger partial charge is 0.494 e. The van der Waals surface area contributed by atoms with Crippen molar-refractivity contribution in [2.45, 2.75) is 19.8 Å². The predicted octanol–water partition coefficient (Wildman–Crippen LogP) is 4.18. The van der Waals surface area contributed by atoms with E-state index >= 15 is 0 Å². The highest BCUT2D eigenvalue weighted by atomic mass is 32.1.